The summed E-state index contributed by atoms with van der Waals surface area (Å²) in [6.45, 7) is 1.67. The number of carbonyl (C=O) groups is 1. The van der Waals surface area contributed by atoms with E-state index in [1.807, 2.05) is 0 Å². The number of halogens is 4. The molecular formula is C14H8Br4O4. The number of aromatic hydroxyl groups is 3. The normalized spacial score (nSPS) is 10.8. The van der Waals surface area contributed by atoms with Crippen molar-refractivity contribution in [3.63, 3.8) is 0 Å². The van der Waals surface area contributed by atoms with Crippen LogP contribution in [0.2, 0.25) is 0 Å². The third kappa shape index (κ3) is 2.93. The molecule has 0 heterocycles. The summed E-state index contributed by atoms with van der Waals surface area (Å²) in [5, 5.41) is 29.2. The van der Waals surface area contributed by atoms with Crippen molar-refractivity contribution in [2.24, 2.45) is 0 Å². The summed E-state index contributed by atoms with van der Waals surface area (Å²) in [6, 6.07) is 2.71. The fourth-order valence-corrected chi connectivity index (χ4v) is 3.73. The molecule has 0 bridgehead atoms. The average Bonchev–Trinajstić information content (AvgIpc) is 2.49. The van der Waals surface area contributed by atoms with Crippen molar-refractivity contribution in [2.75, 3.05) is 0 Å². The summed E-state index contributed by atoms with van der Waals surface area (Å²) in [5.74, 6) is -1.12. The summed E-state index contributed by atoms with van der Waals surface area (Å²) >= 11 is 12.8. The summed E-state index contributed by atoms with van der Waals surface area (Å²) in [6.07, 6.45) is 0. The van der Waals surface area contributed by atoms with Crippen molar-refractivity contribution in [3.8, 4) is 17.2 Å². The molecular weight excluding hydrogens is 552 g/mol. The Balaban J connectivity index is 2.69. The lowest BCUT2D eigenvalue weighted by atomic mass is 10.0. The molecule has 0 saturated heterocycles. The van der Waals surface area contributed by atoms with Crippen LogP contribution in [0.3, 0.4) is 0 Å². The van der Waals surface area contributed by atoms with Crippen LogP contribution in [0, 0.1) is 6.92 Å². The first kappa shape index (κ1) is 17.8. The van der Waals surface area contributed by atoms with Gasteiger partial charge in [0.2, 0.25) is 0 Å². The van der Waals surface area contributed by atoms with Crippen LogP contribution in [0.5, 0.6) is 17.2 Å². The van der Waals surface area contributed by atoms with Gasteiger partial charge in [-0.25, -0.2) is 0 Å². The van der Waals surface area contributed by atoms with Crippen molar-refractivity contribution in [1.29, 1.82) is 0 Å². The van der Waals surface area contributed by atoms with Gasteiger partial charge in [-0.3, -0.25) is 4.79 Å². The minimum atomic E-state index is -0.413. The number of aryl methyl sites for hydroxylation is 1. The largest absolute Gasteiger partial charge is 0.506 e. The first-order chi connectivity index (χ1) is 10.2. The minimum Gasteiger partial charge on any atom is -0.506 e. The van der Waals surface area contributed by atoms with Gasteiger partial charge < -0.3 is 15.3 Å². The van der Waals surface area contributed by atoms with Crippen LogP contribution < -0.4 is 0 Å². The first-order valence-corrected chi connectivity index (χ1v) is 8.96. The molecule has 0 aliphatic heterocycles. The lowest BCUT2D eigenvalue weighted by Crippen LogP contribution is -2.05. The zero-order valence-corrected chi connectivity index (χ0v) is 17.3. The molecule has 2 aromatic rings. The molecule has 2 aromatic carbocycles. The van der Waals surface area contributed by atoms with Crippen LogP contribution in [0.4, 0.5) is 0 Å². The molecule has 0 fully saturated rings. The van der Waals surface area contributed by atoms with E-state index >= 15 is 0 Å². The molecule has 0 aliphatic rings. The van der Waals surface area contributed by atoms with E-state index in [-0.39, 0.29) is 21.5 Å². The zero-order chi connectivity index (χ0) is 16.8. The molecule has 0 radical (unpaired) electrons. The number of phenolic OH excluding ortho intramolecular Hbond substituents is 3. The number of ketones is 1. The SMILES string of the molecule is Cc1cc(C(=O)c2cc(O)c(O)c(Br)c2Br)c(Br)c(Br)c1O. The van der Waals surface area contributed by atoms with Crippen molar-refractivity contribution in [1.82, 2.24) is 0 Å². The lowest BCUT2D eigenvalue weighted by molar-refractivity contribution is 0.103. The molecule has 0 atom stereocenters. The van der Waals surface area contributed by atoms with Crippen LogP contribution in [-0.4, -0.2) is 21.1 Å². The minimum absolute atomic E-state index is 0.0391. The van der Waals surface area contributed by atoms with Crippen LogP contribution in [0.25, 0.3) is 0 Å². The molecule has 116 valence electrons. The molecule has 2 rings (SSSR count). The molecule has 8 heteroatoms. The van der Waals surface area contributed by atoms with Gasteiger partial charge in [0.1, 0.15) is 5.75 Å². The van der Waals surface area contributed by atoms with E-state index in [0.717, 1.165) is 0 Å². The molecule has 22 heavy (non-hydrogen) atoms. The van der Waals surface area contributed by atoms with Gasteiger partial charge in [0.15, 0.2) is 17.3 Å². The van der Waals surface area contributed by atoms with Gasteiger partial charge in [0, 0.05) is 20.1 Å². The van der Waals surface area contributed by atoms with Crippen molar-refractivity contribution < 1.29 is 20.1 Å². The Morgan fingerprint density at radius 1 is 0.818 bits per heavy atom. The van der Waals surface area contributed by atoms with E-state index in [1.54, 1.807) is 6.92 Å². The van der Waals surface area contributed by atoms with E-state index in [0.29, 0.717) is 24.5 Å². The van der Waals surface area contributed by atoms with Gasteiger partial charge in [0.25, 0.3) is 0 Å². The van der Waals surface area contributed by atoms with E-state index in [2.05, 4.69) is 63.7 Å². The quantitative estimate of drug-likeness (QED) is 0.341. The van der Waals surface area contributed by atoms with E-state index < -0.39 is 11.5 Å². The van der Waals surface area contributed by atoms with Gasteiger partial charge in [-0.2, -0.15) is 0 Å². The maximum absolute atomic E-state index is 12.7. The summed E-state index contributed by atoms with van der Waals surface area (Å²) in [7, 11) is 0. The Morgan fingerprint density at radius 2 is 1.27 bits per heavy atom. The number of hydrogen-bond donors (Lipinski definition) is 3. The smallest absolute Gasteiger partial charge is 0.195 e. The maximum Gasteiger partial charge on any atom is 0.195 e. The third-order valence-corrected chi connectivity index (χ3v) is 7.28. The molecule has 0 amide bonds. The van der Waals surface area contributed by atoms with E-state index in [4.69, 9.17) is 0 Å². The van der Waals surface area contributed by atoms with Gasteiger partial charge in [-0.15, -0.1) is 0 Å². The number of carbonyl (C=O) groups excluding carboxylic acids is 1. The number of hydrogen-bond acceptors (Lipinski definition) is 4. The van der Waals surface area contributed by atoms with E-state index in [9.17, 15) is 20.1 Å². The Morgan fingerprint density at radius 3 is 1.82 bits per heavy atom. The second-order valence-electron chi connectivity index (χ2n) is 4.47. The molecule has 0 saturated carbocycles. The van der Waals surface area contributed by atoms with Gasteiger partial charge >= 0.3 is 0 Å². The predicted octanol–water partition coefficient (Wildman–Crippen LogP) is 5.39. The molecule has 4 nitrogen and oxygen atoms in total. The lowest BCUT2D eigenvalue weighted by Gasteiger charge is -2.13. The second kappa shape index (κ2) is 6.51. The van der Waals surface area contributed by atoms with Crippen LogP contribution >= 0.6 is 63.7 Å². The highest BCUT2D eigenvalue weighted by Crippen LogP contribution is 2.43. The monoisotopic (exact) mass is 556 g/mol. The Hall–Kier alpha value is -0.570. The second-order valence-corrected chi connectivity index (χ2v) is 7.64. The van der Waals surface area contributed by atoms with Crippen molar-refractivity contribution >= 4 is 69.5 Å². The molecule has 0 aliphatic carbocycles. The van der Waals surface area contributed by atoms with Crippen molar-refractivity contribution in [2.45, 2.75) is 6.92 Å². The Bertz CT molecular complexity index is 737. The highest BCUT2D eigenvalue weighted by molar-refractivity contribution is 9.13. The van der Waals surface area contributed by atoms with Gasteiger partial charge in [-0.05, 0) is 88.3 Å². The van der Waals surface area contributed by atoms with Crippen LogP contribution in [-0.2, 0) is 0 Å². The topological polar surface area (TPSA) is 77.8 Å². The van der Waals surface area contributed by atoms with Crippen LogP contribution in [0.15, 0.2) is 30.0 Å². The van der Waals surface area contributed by atoms with Crippen LogP contribution in [0.1, 0.15) is 21.5 Å². The average molecular weight is 560 g/mol. The highest BCUT2D eigenvalue weighted by atomic mass is 79.9. The fourth-order valence-electron chi connectivity index (χ4n) is 1.82. The maximum atomic E-state index is 12.7. The molecule has 0 spiro atoms. The summed E-state index contributed by atoms with van der Waals surface area (Å²) in [4.78, 5) is 12.7. The highest BCUT2D eigenvalue weighted by Gasteiger charge is 2.23. The molecule has 0 aromatic heterocycles. The molecule has 0 unspecified atom stereocenters. The predicted molar refractivity (Wildman–Crippen MR) is 96.8 cm³/mol. The fraction of sp³-hybridized carbons (Fsp3) is 0.0714. The molecule has 3 N–H and O–H groups in total. The Kier molecular flexibility index (Phi) is 5.26. The number of rotatable bonds is 2. The van der Waals surface area contributed by atoms with Gasteiger partial charge in [-0.1, -0.05) is 0 Å². The van der Waals surface area contributed by atoms with Crippen molar-refractivity contribution in [3.05, 3.63) is 46.7 Å². The zero-order valence-electron chi connectivity index (χ0n) is 10.9. The first-order valence-electron chi connectivity index (χ1n) is 5.79. The standard InChI is InChI=1S/C14H8Br4O4/c1-4-2-5(8(15)10(17)12(4)20)13(21)6-3-7(19)14(22)11(18)9(6)16/h2-3,19-20,22H,1H3. The summed E-state index contributed by atoms with van der Waals surface area (Å²) in [5.41, 5.74) is 0.997. The number of phenols is 3. The number of benzene rings is 2. The third-order valence-electron chi connectivity index (χ3n) is 3.02. The van der Waals surface area contributed by atoms with E-state index in [1.165, 1.54) is 12.1 Å². The van der Waals surface area contributed by atoms with Gasteiger partial charge in [0.05, 0.1) is 8.95 Å². The summed E-state index contributed by atoms with van der Waals surface area (Å²) < 4.78 is 1.27. The Labute approximate surface area is 159 Å².